The standard InChI is InChI=1S/C29H35FN4O4S/c1-5-37-28(36)26-16(2)27(31-17(26)3)23(35)15-39-29-33-32-25(14-38-24-9-7-6-8-22(24)30)34(29)18(4)21-13-19-10-11-20(21)12-19/h6-9,18-21,31H,5,10-15H2,1-4H3/t18-,19-,20-,21+/m0/s1. The summed E-state index contributed by atoms with van der Waals surface area (Å²) in [5.41, 5.74) is 2.01. The van der Waals surface area contributed by atoms with E-state index in [9.17, 15) is 14.0 Å². The number of Topliss-reactive ketones (excluding diaryl/α,β-unsaturated/α-hetero) is 1. The molecule has 1 aromatic carbocycles. The molecule has 2 aliphatic rings. The number of thioether (sulfide) groups is 1. The first-order chi connectivity index (χ1) is 18.8. The van der Waals surface area contributed by atoms with E-state index in [0.29, 0.717) is 45.3 Å². The number of carbonyl (C=O) groups is 2. The van der Waals surface area contributed by atoms with Crippen LogP contribution in [-0.2, 0) is 11.3 Å². The summed E-state index contributed by atoms with van der Waals surface area (Å²) in [5, 5.41) is 9.48. The summed E-state index contributed by atoms with van der Waals surface area (Å²) in [6.07, 6.45) is 5.00. The van der Waals surface area contributed by atoms with Gasteiger partial charge in [-0.25, -0.2) is 9.18 Å². The van der Waals surface area contributed by atoms with Crippen LogP contribution in [-0.4, -0.2) is 43.9 Å². The molecule has 0 aliphatic heterocycles. The molecule has 2 aromatic heterocycles. The third kappa shape index (κ3) is 5.48. The van der Waals surface area contributed by atoms with Crippen LogP contribution in [0.25, 0.3) is 0 Å². The molecule has 0 saturated heterocycles. The molecule has 0 radical (unpaired) electrons. The zero-order valence-corrected chi connectivity index (χ0v) is 23.6. The van der Waals surface area contributed by atoms with Crippen molar-refractivity contribution in [2.45, 2.75) is 71.2 Å². The van der Waals surface area contributed by atoms with Crippen molar-refractivity contribution in [2.24, 2.45) is 17.8 Å². The van der Waals surface area contributed by atoms with Gasteiger partial charge in [0.2, 0.25) is 0 Å². The molecule has 1 N–H and O–H groups in total. The summed E-state index contributed by atoms with van der Waals surface area (Å²) in [4.78, 5) is 28.7. The lowest BCUT2D eigenvalue weighted by atomic mass is 9.84. The van der Waals surface area contributed by atoms with E-state index in [0.717, 1.165) is 5.92 Å². The number of ketones is 1. The molecule has 0 amide bonds. The van der Waals surface area contributed by atoms with Crippen LogP contribution in [0.5, 0.6) is 5.75 Å². The Bertz CT molecular complexity index is 1370. The summed E-state index contributed by atoms with van der Waals surface area (Å²) in [5.74, 6) is 1.86. The Balaban J connectivity index is 1.36. The van der Waals surface area contributed by atoms with Crippen LogP contribution < -0.4 is 4.74 Å². The summed E-state index contributed by atoms with van der Waals surface area (Å²) in [6, 6.07) is 6.43. The average Bonchev–Trinajstić information content (AvgIpc) is 3.70. The third-order valence-electron chi connectivity index (χ3n) is 8.28. The summed E-state index contributed by atoms with van der Waals surface area (Å²) >= 11 is 1.32. The van der Waals surface area contributed by atoms with Crippen molar-refractivity contribution in [3.05, 3.63) is 58.4 Å². The van der Waals surface area contributed by atoms with E-state index in [-0.39, 0.29) is 36.5 Å². The number of nitrogens with one attached hydrogen (secondary N) is 1. The van der Waals surface area contributed by atoms with Gasteiger partial charge in [-0.15, -0.1) is 10.2 Å². The number of carbonyl (C=O) groups excluding carboxylic acids is 2. The van der Waals surface area contributed by atoms with Gasteiger partial charge in [-0.05, 0) is 82.4 Å². The number of halogens is 1. The first-order valence-corrected chi connectivity index (χ1v) is 14.6. The molecule has 208 valence electrons. The van der Waals surface area contributed by atoms with Crippen molar-refractivity contribution in [2.75, 3.05) is 12.4 Å². The number of aromatic amines is 1. The van der Waals surface area contributed by atoms with Crippen LogP contribution in [0, 0.1) is 37.4 Å². The third-order valence-corrected chi connectivity index (χ3v) is 9.22. The van der Waals surface area contributed by atoms with Gasteiger partial charge in [0.1, 0.15) is 6.61 Å². The number of para-hydroxylation sites is 1. The fraction of sp³-hybridized carbons (Fsp3) is 0.517. The quantitative estimate of drug-likeness (QED) is 0.174. The van der Waals surface area contributed by atoms with Gasteiger partial charge >= 0.3 is 5.97 Å². The lowest BCUT2D eigenvalue weighted by Crippen LogP contribution is -2.24. The largest absolute Gasteiger partial charge is 0.483 e. The normalized spacial score (nSPS) is 20.8. The van der Waals surface area contributed by atoms with E-state index in [4.69, 9.17) is 9.47 Å². The molecule has 2 heterocycles. The number of hydrogen-bond donors (Lipinski definition) is 1. The van der Waals surface area contributed by atoms with Crippen LogP contribution in [0.1, 0.15) is 83.5 Å². The Morgan fingerprint density at radius 2 is 2.00 bits per heavy atom. The zero-order valence-electron chi connectivity index (χ0n) is 22.8. The predicted octanol–water partition coefficient (Wildman–Crippen LogP) is 6.09. The highest BCUT2D eigenvalue weighted by Crippen LogP contribution is 2.52. The molecule has 2 aliphatic carbocycles. The minimum atomic E-state index is -0.436. The molecule has 8 nitrogen and oxygen atoms in total. The van der Waals surface area contributed by atoms with E-state index >= 15 is 0 Å². The molecule has 2 bridgehead atoms. The van der Waals surface area contributed by atoms with Gasteiger partial charge in [0.05, 0.1) is 23.6 Å². The molecular formula is C29H35FN4O4S. The van der Waals surface area contributed by atoms with Gasteiger partial charge in [-0.3, -0.25) is 9.36 Å². The maximum Gasteiger partial charge on any atom is 0.340 e. The molecule has 0 spiro atoms. The fourth-order valence-corrected chi connectivity index (χ4v) is 7.35. The number of H-pyrrole nitrogens is 1. The molecular weight excluding hydrogens is 519 g/mol. The van der Waals surface area contributed by atoms with Crippen LogP contribution in [0.15, 0.2) is 29.4 Å². The van der Waals surface area contributed by atoms with Crippen LogP contribution in [0.3, 0.4) is 0 Å². The van der Waals surface area contributed by atoms with Crippen molar-refractivity contribution in [1.29, 1.82) is 0 Å². The van der Waals surface area contributed by atoms with Crippen molar-refractivity contribution < 1.29 is 23.5 Å². The average molecular weight is 555 g/mol. The zero-order chi connectivity index (χ0) is 27.7. The number of nitrogens with zero attached hydrogens (tertiary/aromatic N) is 3. The number of ether oxygens (including phenoxy) is 2. The van der Waals surface area contributed by atoms with E-state index in [2.05, 4.69) is 26.7 Å². The number of benzene rings is 1. The molecule has 5 rings (SSSR count). The van der Waals surface area contributed by atoms with E-state index in [1.807, 2.05) is 0 Å². The van der Waals surface area contributed by atoms with Crippen molar-refractivity contribution in [3.8, 4) is 5.75 Å². The number of aromatic nitrogens is 4. The maximum atomic E-state index is 14.2. The van der Waals surface area contributed by atoms with Crippen molar-refractivity contribution in [1.82, 2.24) is 19.7 Å². The topological polar surface area (TPSA) is 99.1 Å². The molecule has 2 saturated carbocycles. The second-order valence-corrected chi connectivity index (χ2v) is 11.6. The van der Waals surface area contributed by atoms with E-state index in [1.54, 1.807) is 39.0 Å². The number of hydrogen-bond acceptors (Lipinski definition) is 7. The molecule has 2 fully saturated rings. The molecule has 10 heteroatoms. The van der Waals surface area contributed by atoms with Crippen LogP contribution in [0.2, 0.25) is 0 Å². The Labute approximate surface area is 232 Å². The fourth-order valence-electron chi connectivity index (χ4n) is 6.43. The number of aryl methyl sites for hydroxylation is 1. The van der Waals surface area contributed by atoms with Crippen molar-refractivity contribution in [3.63, 3.8) is 0 Å². The lowest BCUT2D eigenvalue weighted by Gasteiger charge is -2.30. The maximum absolute atomic E-state index is 14.2. The molecule has 39 heavy (non-hydrogen) atoms. The Kier molecular flexibility index (Phi) is 8.11. The summed E-state index contributed by atoms with van der Waals surface area (Å²) in [7, 11) is 0. The Morgan fingerprint density at radius 1 is 1.21 bits per heavy atom. The van der Waals surface area contributed by atoms with E-state index < -0.39 is 11.8 Å². The number of esters is 1. The summed E-state index contributed by atoms with van der Waals surface area (Å²) < 4.78 is 27.2. The Hall–Kier alpha value is -3.14. The molecule has 0 unspecified atom stereocenters. The SMILES string of the molecule is CCOC(=O)c1c(C)[nH]c(C(=O)CSc2nnc(COc3ccccc3F)n2[C@@H](C)[C@H]2C[C@H]3CC[C@H]2C3)c1C. The number of fused-ring (bicyclic) bond motifs is 2. The van der Waals surface area contributed by atoms with Gasteiger partial charge in [-0.2, -0.15) is 0 Å². The summed E-state index contributed by atoms with van der Waals surface area (Å²) in [6.45, 7) is 7.80. The number of rotatable bonds is 11. The lowest BCUT2D eigenvalue weighted by molar-refractivity contribution is 0.0525. The first kappa shape index (κ1) is 27.4. The smallest absolute Gasteiger partial charge is 0.340 e. The van der Waals surface area contributed by atoms with Crippen molar-refractivity contribution >= 4 is 23.5 Å². The van der Waals surface area contributed by atoms with E-state index in [1.165, 1.54) is 43.5 Å². The highest BCUT2D eigenvalue weighted by Gasteiger charge is 2.43. The first-order valence-electron chi connectivity index (χ1n) is 13.6. The van der Waals surface area contributed by atoms with Gasteiger partial charge in [0, 0.05) is 11.7 Å². The van der Waals surface area contributed by atoms with Gasteiger partial charge in [0.15, 0.2) is 28.3 Å². The molecule has 3 aromatic rings. The highest BCUT2D eigenvalue weighted by atomic mass is 32.2. The Morgan fingerprint density at radius 3 is 2.69 bits per heavy atom. The van der Waals surface area contributed by atoms with Gasteiger partial charge < -0.3 is 14.5 Å². The molecule has 4 atom stereocenters. The monoisotopic (exact) mass is 554 g/mol. The second kappa shape index (κ2) is 11.5. The second-order valence-electron chi connectivity index (χ2n) is 10.6. The predicted molar refractivity (Wildman–Crippen MR) is 146 cm³/mol. The minimum Gasteiger partial charge on any atom is -0.483 e. The van der Waals surface area contributed by atoms with Gasteiger partial charge in [0.25, 0.3) is 0 Å². The van der Waals surface area contributed by atoms with Gasteiger partial charge in [-0.1, -0.05) is 30.3 Å². The van der Waals surface area contributed by atoms with Crippen LogP contribution >= 0.6 is 11.8 Å². The minimum absolute atomic E-state index is 0.0748. The van der Waals surface area contributed by atoms with Crippen LogP contribution in [0.4, 0.5) is 4.39 Å². The highest BCUT2D eigenvalue weighted by molar-refractivity contribution is 7.99.